The van der Waals surface area contributed by atoms with Gasteiger partial charge in [-0.15, -0.1) is 0 Å². The van der Waals surface area contributed by atoms with Gasteiger partial charge in [0.25, 0.3) is 0 Å². The van der Waals surface area contributed by atoms with Crippen molar-refractivity contribution in [2.45, 2.75) is 6.92 Å². The summed E-state index contributed by atoms with van der Waals surface area (Å²) in [5.41, 5.74) is 0.896. The van der Waals surface area contributed by atoms with Crippen LogP contribution in [0.2, 0.25) is 0 Å². The SMILES string of the molecule is CCOc1ccccc1C=C[C]=O. The highest BCUT2D eigenvalue weighted by molar-refractivity contribution is 5.75. The fourth-order valence-electron chi connectivity index (χ4n) is 1.03. The fraction of sp³-hybridized carbons (Fsp3) is 0.182. The minimum Gasteiger partial charge on any atom is -0.493 e. The first-order valence-corrected chi connectivity index (χ1v) is 4.14. The molecule has 2 nitrogen and oxygen atoms in total. The van der Waals surface area contributed by atoms with E-state index in [4.69, 9.17) is 4.74 Å². The van der Waals surface area contributed by atoms with Crippen molar-refractivity contribution in [2.75, 3.05) is 6.61 Å². The molecule has 0 aromatic heterocycles. The van der Waals surface area contributed by atoms with Crippen LogP contribution in [0, 0.1) is 0 Å². The first-order chi connectivity index (χ1) is 6.38. The monoisotopic (exact) mass is 175 g/mol. The molecular weight excluding hydrogens is 164 g/mol. The lowest BCUT2D eigenvalue weighted by Gasteiger charge is -2.05. The zero-order valence-electron chi connectivity index (χ0n) is 7.49. The van der Waals surface area contributed by atoms with Crippen molar-refractivity contribution in [3.05, 3.63) is 35.9 Å². The van der Waals surface area contributed by atoms with E-state index in [0.717, 1.165) is 11.3 Å². The Morgan fingerprint density at radius 3 is 2.92 bits per heavy atom. The van der Waals surface area contributed by atoms with Crippen molar-refractivity contribution in [2.24, 2.45) is 0 Å². The molecule has 2 heteroatoms. The van der Waals surface area contributed by atoms with E-state index >= 15 is 0 Å². The van der Waals surface area contributed by atoms with Crippen LogP contribution >= 0.6 is 0 Å². The van der Waals surface area contributed by atoms with E-state index in [-0.39, 0.29) is 0 Å². The van der Waals surface area contributed by atoms with Crippen LogP contribution in [0.4, 0.5) is 0 Å². The minimum atomic E-state index is 0.621. The van der Waals surface area contributed by atoms with E-state index in [9.17, 15) is 4.79 Å². The smallest absolute Gasteiger partial charge is 0.225 e. The maximum absolute atomic E-state index is 9.99. The Kier molecular flexibility index (Phi) is 3.76. The average molecular weight is 175 g/mol. The molecule has 0 atom stereocenters. The predicted molar refractivity (Wildman–Crippen MR) is 52.3 cm³/mol. The number of carbonyl (C=O) groups excluding carboxylic acids is 1. The maximum Gasteiger partial charge on any atom is 0.225 e. The molecule has 1 radical (unpaired) electrons. The van der Waals surface area contributed by atoms with Crippen LogP contribution in [0.1, 0.15) is 12.5 Å². The number of ether oxygens (including phenoxy) is 1. The highest BCUT2D eigenvalue weighted by Gasteiger charge is 1.96. The molecule has 0 N–H and O–H groups in total. The molecular formula is C11H11O2. The van der Waals surface area contributed by atoms with Gasteiger partial charge in [-0.2, -0.15) is 0 Å². The van der Waals surface area contributed by atoms with Gasteiger partial charge in [0.1, 0.15) is 5.75 Å². The molecule has 0 unspecified atom stereocenters. The zero-order chi connectivity index (χ0) is 9.52. The Balaban J connectivity index is 2.90. The first-order valence-electron chi connectivity index (χ1n) is 4.14. The Bertz CT molecular complexity index is 303. The number of hydrogen-bond acceptors (Lipinski definition) is 2. The number of allylic oxidation sites excluding steroid dienone is 1. The molecule has 0 saturated heterocycles. The summed E-state index contributed by atoms with van der Waals surface area (Å²) in [4.78, 5) is 9.99. The van der Waals surface area contributed by atoms with Crippen LogP contribution in [0.25, 0.3) is 6.08 Å². The molecule has 0 saturated carbocycles. The summed E-state index contributed by atoms with van der Waals surface area (Å²) in [7, 11) is 0. The van der Waals surface area contributed by atoms with Crippen molar-refractivity contribution >= 4 is 12.4 Å². The van der Waals surface area contributed by atoms with E-state index in [1.807, 2.05) is 31.2 Å². The van der Waals surface area contributed by atoms with Gasteiger partial charge in [0.15, 0.2) is 0 Å². The molecule has 0 aliphatic carbocycles. The van der Waals surface area contributed by atoms with E-state index < -0.39 is 0 Å². The Morgan fingerprint density at radius 1 is 1.46 bits per heavy atom. The highest BCUT2D eigenvalue weighted by atomic mass is 16.5. The largest absolute Gasteiger partial charge is 0.493 e. The summed E-state index contributed by atoms with van der Waals surface area (Å²) in [5.74, 6) is 0.788. The fourth-order valence-corrected chi connectivity index (χ4v) is 1.03. The molecule has 0 heterocycles. The van der Waals surface area contributed by atoms with Crippen LogP contribution in [-0.2, 0) is 4.79 Å². The normalized spacial score (nSPS) is 10.2. The number of hydrogen-bond donors (Lipinski definition) is 0. The molecule has 1 rings (SSSR count). The Hall–Kier alpha value is -1.57. The number of benzene rings is 1. The number of rotatable bonds is 4. The second-order valence-electron chi connectivity index (χ2n) is 2.42. The first kappa shape index (κ1) is 9.52. The molecule has 1 aromatic carbocycles. The lowest BCUT2D eigenvalue weighted by Crippen LogP contribution is -1.92. The van der Waals surface area contributed by atoms with Gasteiger partial charge in [-0.05, 0) is 25.1 Å². The Labute approximate surface area is 77.8 Å². The molecule has 0 spiro atoms. The van der Waals surface area contributed by atoms with Gasteiger partial charge in [-0.25, -0.2) is 0 Å². The van der Waals surface area contributed by atoms with Gasteiger partial charge in [0, 0.05) is 5.56 Å². The second-order valence-corrected chi connectivity index (χ2v) is 2.42. The van der Waals surface area contributed by atoms with Gasteiger partial charge in [-0.1, -0.05) is 18.2 Å². The predicted octanol–water partition coefficient (Wildman–Crippen LogP) is 2.21. The third-order valence-electron chi connectivity index (χ3n) is 1.55. The Morgan fingerprint density at radius 2 is 2.23 bits per heavy atom. The van der Waals surface area contributed by atoms with Crippen LogP contribution in [0.3, 0.4) is 0 Å². The van der Waals surface area contributed by atoms with E-state index in [0.29, 0.717) is 6.61 Å². The lowest BCUT2D eigenvalue weighted by atomic mass is 10.2. The average Bonchev–Trinajstić information content (AvgIpc) is 2.17. The third-order valence-corrected chi connectivity index (χ3v) is 1.55. The minimum absolute atomic E-state index is 0.621. The van der Waals surface area contributed by atoms with E-state index in [1.54, 1.807) is 12.4 Å². The van der Waals surface area contributed by atoms with E-state index in [2.05, 4.69) is 0 Å². The molecule has 0 fully saturated rings. The van der Waals surface area contributed by atoms with Gasteiger partial charge < -0.3 is 4.74 Å². The zero-order valence-corrected chi connectivity index (χ0v) is 7.49. The van der Waals surface area contributed by atoms with Crippen molar-refractivity contribution in [3.8, 4) is 5.75 Å². The molecule has 1 aromatic rings. The summed E-state index contributed by atoms with van der Waals surface area (Å²) in [5, 5.41) is 0. The second kappa shape index (κ2) is 5.14. The topological polar surface area (TPSA) is 26.3 Å². The molecule has 0 amide bonds. The van der Waals surface area contributed by atoms with Gasteiger partial charge in [0.2, 0.25) is 6.29 Å². The molecule has 67 valence electrons. The van der Waals surface area contributed by atoms with Crippen molar-refractivity contribution < 1.29 is 9.53 Å². The van der Waals surface area contributed by atoms with Crippen molar-refractivity contribution in [1.29, 1.82) is 0 Å². The van der Waals surface area contributed by atoms with Crippen LogP contribution in [0.5, 0.6) is 5.75 Å². The molecule has 0 aliphatic heterocycles. The highest BCUT2D eigenvalue weighted by Crippen LogP contribution is 2.18. The maximum atomic E-state index is 9.99. The molecule has 0 bridgehead atoms. The summed E-state index contributed by atoms with van der Waals surface area (Å²) in [6, 6.07) is 7.55. The summed E-state index contributed by atoms with van der Waals surface area (Å²) in [6.45, 7) is 2.54. The number of para-hydroxylation sites is 1. The third kappa shape index (κ3) is 2.75. The summed E-state index contributed by atoms with van der Waals surface area (Å²) in [6.07, 6.45) is 4.71. The van der Waals surface area contributed by atoms with Crippen LogP contribution in [0.15, 0.2) is 30.3 Å². The lowest BCUT2D eigenvalue weighted by molar-refractivity contribution is 0.339. The quantitative estimate of drug-likeness (QED) is 0.656. The van der Waals surface area contributed by atoms with Gasteiger partial charge in [0.05, 0.1) is 6.61 Å². The van der Waals surface area contributed by atoms with Crippen molar-refractivity contribution in [3.63, 3.8) is 0 Å². The summed E-state index contributed by atoms with van der Waals surface area (Å²) < 4.78 is 5.35. The van der Waals surface area contributed by atoms with E-state index in [1.165, 1.54) is 6.08 Å². The van der Waals surface area contributed by atoms with Crippen LogP contribution < -0.4 is 4.74 Å². The molecule has 13 heavy (non-hydrogen) atoms. The summed E-state index contributed by atoms with van der Waals surface area (Å²) >= 11 is 0. The van der Waals surface area contributed by atoms with Crippen LogP contribution in [-0.4, -0.2) is 12.9 Å². The van der Waals surface area contributed by atoms with Gasteiger partial charge >= 0.3 is 0 Å². The molecule has 0 aliphatic rings. The van der Waals surface area contributed by atoms with Crippen molar-refractivity contribution in [1.82, 2.24) is 0 Å². The van der Waals surface area contributed by atoms with Gasteiger partial charge in [-0.3, -0.25) is 4.79 Å². The standard InChI is InChI=1S/C11H11O2/c1-2-13-11-8-4-3-6-10(11)7-5-9-12/h3-8H,2H2,1H3.